The number of halogens is 3. The van der Waals surface area contributed by atoms with Crippen molar-refractivity contribution in [3.05, 3.63) is 35.2 Å². The third-order valence-electron chi connectivity index (χ3n) is 2.71. The molecule has 0 spiro atoms. The monoisotopic (exact) mass is 318 g/mol. The van der Waals surface area contributed by atoms with Crippen LogP contribution in [-0.2, 0) is 6.18 Å². The van der Waals surface area contributed by atoms with Crippen molar-refractivity contribution in [1.29, 1.82) is 0 Å². The summed E-state index contributed by atoms with van der Waals surface area (Å²) in [5.41, 5.74) is -0.511. The highest BCUT2D eigenvalue weighted by molar-refractivity contribution is 7.14. The zero-order valence-electron chi connectivity index (χ0n) is 10.8. The summed E-state index contributed by atoms with van der Waals surface area (Å²) in [6.45, 7) is -0.327. The van der Waals surface area contributed by atoms with E-state index in [2.05, 4.69) is 10.3 Å². The van der Waals surface area contributed by atoms with Gasteiger partial charge >= 0.3 is 6.18 Å². The third kappa shape index (κ3) is 3.93. The van der Waals surface area contributed by atoms with Gasteiger partial charge in [0, 0.05) is 17.5 Å². The molecule has 2 aromatic rings. The Hall–Kier alpha value is -1.64. The van der Waals surface area contributed by atoms with Gasteiger partial charge in [-0.2, -0.15) is 13.2 Å². The van der Waals surface area contributed by atoms with Crippen LogP contribution in [0.2, 0.25) is 0 Å². The van der Waals surface area contributed by atoms with Gasteiger partial charge in [-0.05, 0) is 6.07 Å². The Morgan fingerprint density at radius 2 is 2.00 bits per heavy atom. The van der Waals surface area contributed by atoms with Gasteiger partial charge < -0.3 is 15.5 Å². The molecule has 114 valence electrons. The Morgan fingerprint density at radius 1 is 1.29 bits per heavy atom. The molecule has 21 heavy (non-hydrogen) atoms. The summed E-state index contributed by atoms with van der Waals surface area (Å²) in [5, 5.41) is 22.6. The van der Waals surface area contributed by atoms with Crippen LogP contribution in [0.4, 0.5) is 18.3 Å². The second kappa shape index (κ2) is 6.42. The maximum atomic E-state index is 12.9. The number of nitrogens with one attached hydrogen (secondary N) is 1. The van der Waals surface area contributed by atoms with Crippen molar-refractivity contribution in [2.24, 2.45) is 0 Å². The Balaban J connectivity index is 2.22. The molecule has 1 aromatic heterocycles. The van der Waals surface area contributed by atoms with Crippen molar-refractivity contribution in [3.63, 3.8) is 0 Å². The number of thiazole rings is 1. The van der Waals surface area contributed by atoms with E-state index in [0.29, 0.717) is 5.13 Å². The van der Waals surface area contributed by atoms with Crippen LogP contribution in [0.25, 0.3) is 11.3 Å². The second-order valence-corrected chi connectivity index (χ2v) is 5.16. The summed E-state index contributed by atoms with van der Waals surface area (Å²) < 4.78 is 38.8. The van der Waals surface area contributed by atoms with Crippen molar-refractivity contribution < 1.29 is 23.4 Å². The molecule has 0 aliphatic heterocycles. The fourth-order valence-corrected chi connectivity index (χ4v) is 2.42. The van der Waals surface area contributed by atoms with Crippen LogP contribution in [0.3, 0.4) is 0 Å². The van der Waals surface area contributed by atoms with Gasteiger partial charge in [0.05, 0.1) is 24.0 Å². The largest absolute Gasteiger partial charge is 0.417 e. The summed E-state index contributed by atoms with van der Waals surface area (Å²) in [6, 6.07) is 5.23. The minimum Gasteiger partial charge on any atom is -0.394 e. The van der Waals surface area contributed by atoms with Crippen LogP contribution in [0.15, 0.2) is 29.6 Å². The molecule has 0 saturated heterocycles. The lowest BCUT2D eigenvalue weighted by Gasteiger charge is -2.10. The van der Waals surface area contributed by atoms with Gasteiger partial charge in [-0.1, -0.05) is 18.2 Å². The van der Waals surface area contributed by atoms with Crippen LogP contribution in [0.1, 0.15) is 5.56 Å². The number of alkyl halides is 3. The van der Waals surface area contributed by atoms with Gasteiger partial charge in [0.15, 0.2) is 5.13 Å². The molecule has 1 atom stereocenters. The van der Waals surface area contributed by atoms with E-state index in [1.54, 1.807) is 0 Å². The number of hydrogen-bond acceptors (Lipinski definition) is 5. The molecule has 0 bridgehead atoms. The van der Waals surface area contributed by atoms with E-state index in [0.717, 1.165) is 17.4 Å². The van der Waals surface area contributed by atoms with Crippen LogP contribution in [0.5, 0.6) is 0 Å². The molecule has 0 radical (unpaired) electrons. The van der Waals surface area contributed by atoms with Crippen LogP contribution in [0, 0.1) is 0 Å². The van der Waals surface area contributed by atoms with Gasteiger partial charge in [-0.3, -0.25) is 0 Å². The first kappa shape index (κ1) is 15.7. The van der Waals surface area contributed by atoms with Crippen molar-refractivity contribution in [3.8, 4) is 11.3 Å². The van der Waals surface area contributed by atoms with E-state index in [-0.39, 0.29) is 17.8 Å². The van der Waals surface area contributed by atoms with Gasteiger partial charge in [0.1, 0.15) is 0 Å². The SMILES string of the molecule is OC[C@H](O)CNc1nc(-c2ccccc2C(F)(F)F)cs1. The number of aliphatic hydroxyl groups is 2. The van der Waals surface area contributed by atoms with Crippen LogP contribution < -0.4 is 5.32 Å². The predicted molar refractivity (Wildman–Crippen MR) is 74.1 cm³/mol. The highest BCUT2D eigenvalue weighted by Gasteiger charge is 2.33. The maximum Gasteiger partial charge on any atom is 0.417 e. The summed E-state index contributed by atoms with van der Waals surface area (Å²) >= 11 is 1.13. The lowest BCUT2D eigenvalue weighted by molar-refractivity contribution is -0.137. The number of benzene rings is 1. The molecule has 3 N–H and O–H groups in total. The molecule has 2 rings (SSSR count). The molecule has 8 heteroatoms. The summed E-state index contributed by atoms with van der Waals surface area (Å²) in [4.78, 5) is 4.08. The normalized spacial score (nSPS) is 13.2. The number of aliphatic hydroxyl groups excluding tert-OH is 2. The predicted octanol–water partition coefficient (Wildman–Crippen LogP) is 2.59. The topological polar surface area (TPSA) is 65.4 Å². The van der Waals surface area contributed by atoms with Crippen LogP contribution >= 0.6 is 11.3 Å². The Morgan fingerprint density at radius 3 is 2.67 bits per heavy atom. The quantitative estimate of drug-likeness (QED) is 0.793. The highest BCUT2D eigenvalue weighted by atomic mass is 32.1. The van der Waals surface area contributed by atoms with Gasteiger partial charge in [0.25, 0.3) is 0 Å². The first-order chi connectivity index (χ1) is 9.91. The molecule has 0 aliphatic carbocycles. The zero-order chi connectivity index (χ0) is 15.5. The minimum absolute atomic E-state index is 0.0111. The Labute approximate surface area is 122 Å². The van der Waals surface area contributed by atoms with E-state index in [4.69, 9.17) is 5.11 Å². The van der Waals surface area contributed by atoms with Crippen molar-refractivity contribution in [1.82, 2.24) is 4.98 Å². The van der Waals surface area contributed by atoms with E-state index < -0.39 is 24.5 Å². The average molecular weight is 318 g/mol. The molecule has 0 saturated carbocycles. The van der Waals surface area contributed by atoms with Gasteiger partial charge in [-0.25, -0.2) is 4.98 Å². The Bertz CT molecular complexity index is 601. The minimum atomic E-state index is -4.44. The standard InChI is InChI=1S/C13H13F3N2O2S/c14-13(15,16)10-4-2-1-3-9(10)11-7-21-12(18-11)17-5-8(20)6-19/h1-4,7-8,19-20H,5-6H2,(H,17,18)/t8-/m1/s1. The van der Waals surface area contributed by atoms with Gasteiger partial charge in [-0.15, -0.1) is 11.3 Å². The van der Waals surface area contributed by atoms with E-state index >= 15 is 0 Å². The van der Waals surface area contributed by atoms with E-state index in [1.807, 2.05) is 0 Å². The zero-order valence-corrected chi connectivity index (χ0v) is 11.6. The third-order valence-corrected chi connectivity index (χ3v) is 3.51. The summed E-state index contributed by atoms with van der Waals surface area (Å²) in [6.07, 6.45) is -5.39. The van der Waals surface area contributed by atoms with Crippen LogP contribution in [-0.4, -0.2) is 34.5 Å². The molecule has 0 amide bonds. The lowest BCUT2D eigenvalue weighted by Crippen LogP contribution is -2.22. The van der Waals surface area contributed by atoms with E-state index in [1.165, 1.54) is 23.6 Å². The smallest absolute Gasteiger partial charge is 0.394 e. The number of anilines is 1. The van der Waals surface area contributed by atoms with Crippen molar-refractivity contribution in [2.75, 3.05) is 18.5 Å². The number of aromatic nitrogens is 1. The first-order valence-corrected chi connectivity index (χ1v) is 6.94. The fourth-order valence-electron chi connectivity index (χ4n) is 1.70. The molecule has 1 aromatic carbocycles. The summed E-state index contributed by atoms with van der Waals surface area (Å²) in [5.74, 6) is 0. The molecular weight excluding hydrogens is 305 g/mol. The van der Waals surface area contributed by atoms with E-state index in [9.17, 15) is 18.3 Å². The number of hydrogen-bond donors (Lipinski definition) is 3. The Kier molecular flexibility index (Phi) is 4.81. The lowest BCUT2D eigenvalue weighted by atomic mass is 10.1. The molecule has 1 heterocycles. The fraction of sp³-hybridized carbons (Fsp3) is 0.308. The number of rotatable bonds is 5. The number of nitrogens with zero attached hydrogens (tertiary/aromatic N) is 1. The van der Waals surface area contributed by atoms with Crippen molar-refractivity contribution >= 4 is 16.5 Å². The van der Waals surface area contributed by atoms with Crippen molar-refractivity contribution in [2.45, 2.75) is 12.3 Å². The summed E-state index contributed by atoms with van der Waals surface area (Å²) in [7, 11) is 0. The molecule has 0 fully saturated rings. The molecule has 4 nitrogen and oxygen atoms in total. The van der Waals surface area contributed by atoms with Gasteiger partial charge in [0.2, 0.25) is 0 Å². The maximum absolute atomic E-state index is 12.9. The average Bonchev–Trinajstić information content (AvgIpc) is 2.92. The highest BCUT2D eigenvalue weighted by Crippen LogP contribution is 2.37. The second-order valence-electron chi connectivity index (χ2n) is 4.30. The molecule has 0 aliphatic rings. The molecular formula is C13H13F3N2O2S. The molecule has 0 unspecified atom stereocenters. The first-order valence-electron chi connectivity index (χ1n) is 6.06.